The minimum absolute atomic E-state index is 0.0869. The van der Waals surface area contributed by atoms with E-state index < -0.39 is 0 Å². The van der Waals surface area contributed by atoms with Crippen molar-refractivity contribution in [2.75, 3.05) is 20.3 Å². The zero-order valence-electron chi connectivity index (χ0n) is 8.97. The Balaban J connectivity index is 2.24. The number of hydrogen-bond donors (Lipinski definition) is 0. The van der Waals surface area contributed by atoms with Gasteiger partial charge in [0.1, 0.15) is 11.9 Å². The predicted octanol–water partition coefficient (Wildman–Crippen LogP) is 0.690. The average Bonchev–Trinajstić information content (AvgIpc) is 2.54. The normalized spacial score (nSPS) is 26.7. The third kappa shape index (κ3) is 1.59. The van der Waals surface area contributed by atoms with E-state index >= 15 is 0 Å². The summed E-state index contributed by atoms with van der Waals surface area (Å²) in [6, 6.07) is 0. The fourth-order valence-corrected chi connectivity index (χ4v) is 1.54. The van der Waals surface area contributed by atoms with E-state index in [-0.39, 0.29) is 5.54 Å². The maximum atomic E-state index is 5.20. The van der Waals surface area contributed by atoms with Crippen LogP contribution in [0.2, 0.25) is 0 Å². The molecule has 5 nitrogen and oxygen atoms in total. The number of hydrogen-bond acceptors (Lipinski definition) is 3. The molecule has 0 bridgehead atoms. The molecular formula is C10H14N4O. The molecule has 1 fully saturated rings. The summed E-state index contributed by atoms with van der Waals surface area (Å²) in [6.45, 7) is 7.31. The summed E-state index contributed by atoms with van der Waals surface area (Å²) in [7, 11) is 1.68. The lowest BCUT2D eigenvalue weighted by atomic mass is 9.99. The first-order valence-electron chi connectivity index (χ1n) is 4.77. The second kappa shape index (κ2) is 3.58. The van der Waals surface area contributed by atoms with Crippen molar-refractivity contribution in [3.63, 3.8) is 0 Å². The summed E-state index contributed by atoms with van der Waals surface area (Å²) in [5, 5.41) is 6.14. The van der Waals surface area contributed by atoms with Gasteiger partial charge in [0.05, 0.1) is 19.4 Å². The van der Waals surface area contributed by atoms with Gasteiger partial charge >= 0.3 is 0 Å². The number of hydrazone groups is 1. The molecule has 0 spiro atoms. The molecule has 0 aromatic heterocycles. The minimum atomic E-state index is -0.0869. The molecule has 0 amide bonds. The lowest BCUT2D eigenvalue weighted by Crippen LogP contribution is -2.59. The third-order valence-electron chi connectivity index (χ3n) is 2.45. The largest absolute Gasteiger partial charge is 0.376 e. The van der Waals surface area contributed by atoms with Crippen LogP contribution in [0.25, 0.3) is 0 Å². The highest BCUT2D eigenvalue weighted by Crippen LogP contribution is 2.28. The molecule has 2 aliphatic rings. The van der Waals surface area contributed by atoms with Crippen molar-refractivity contribution in [1.29, 1.82) is 0 Å². The van der Waals surface area contributed by atoms with Crippen molar-refractivity contribution >= 4 is 18.4 Å². The van der Waals surface area contributed by atoms with Crippen LogP contribution in [0.1, 0.15) is 6.92 Å². The zero-order chi connectivity index (χ0) is 10.9. The van der Waals surface area contributed by atoms with E-state index in [0.29, 0.717) is 13.2 Å². The van der Waals surface area contributed by atoms with Gasteiger partial charge in [0, 0.05) is 12.6 Å². The van der Waals surface area contributed by atoms with Crippen molar-refractivity contribution in [2.24, 2.45) is 15.1 Å². The molecule has 0 radical (unpaired) electrons. The second-order valence-electron chi connectivity index (χ2n) is 3.90. The second-order valence-corrected chi connectivity index (χ2v) is 3.90. The van der Waals surface area contributed by atoms with Gasteiger partial charge in [-0.3, -0.25) is 4.99 Å². The molecule has 15 heavy (non-hydrogen) atoms. The number of nitrogens with zero attached hydrogens (tertiary/aromatic N) is 4. The summed E-state index contributed by atoms with van der Waals surface area (Å²) in [5.41, 5.74) is 0.721. The monoisotopic (exact) mass is 206 g/mol. The Kier molecular flexibility index (Phi) is 2.40. The Bertz CT molecular complexity index is 366. The van der Waals surface area contributed by atoms with E-state index in [1.807, 2.05) is 5.01 Å². The molecule has 80 valence electrons. The van der Waals surface area contributed by atoms with Crippen LogP contribution in [0.4, 0.5) is 0 Å². The van der Waals surface area contributed by atoms with Gasteiger partial charge in [0.25, 0.3) is 0 Å². The fourth-order valence-electron chi connectivity index (χ4n) is 1.54. The van der Waals surface area contributed by atoms with Gasteiger partial charge in [-0.05, 0) is 6.92 Å². The van der Waals surface area contributed by atoms with Gasteiger partial charge in [0.15, 0.2) is 5.84 Å². The molecule has 5 heteroatoms. The highest BCUT2D eigenvalue weighted by molar-refractivity contribution is 6.19. The molecule has 0 atom stereocenters. The number of amidine groups is 1. The predicted molar refractivity (Wildman–Crippen MR) is 60.5 cm³/mol. The van der Waals surface area contributed by atoms with E-state index in [2.05, 4.69) is 28.6 Å². The molecular weight excluding hydrogens is 192 g/mol. The Morgan fingerprint density at radius 2 is 2.40 bits per heavy atom. The number of aliphatic imine (C=N–C) groups is 2. The molecule has 0 aliphatic carbocycles. The summed E-state index contributed by atoms with van der Waals surface area (Å²) in [5.74, 6) is 0.756. The van der Waals surface area contributed by atoms with Crippen molar-refractivity contribution in [3.8, 4) is 0 Å². The summed E-state index contributed by atoms with van der Waals surface area (Å²) < 4.78 is 5.20. The van der Waals surface area contributed by atoms with Gasteiger partial charge in [-0.2, -0.15) is 5.10 Å². The van der Waals surface area contributed by atoms with Crippen molar-refractivity contribution in [2.45, 2.75) is 12.5 Å². The van der Waals surface area contributed by atoms with Gasteiger partial charge in [0.2, 0.25) is 0 Å². The van der Waals surface area contributed by atoms with Crippen LogP contribution in [0.15, 0.2) is 27.2 Å². The van der Waals surface area contributed by atoms with Crippen LogP contribution in [0.5, 0.6) is 0 Å². The lowest BCUT2D eigenvalue weighted by molar-refractivity contribution is -0.104. The average molecular weight is 206 g/mol. The summed E-state index contributed by atoms with van der Waals surface area (Å²) in [4.78, 5) is 8.05. The van der Waals surface area contributed by atoms with Gasteiger partial charge < -0.3 is 4.74 Å². The Labute approximate surface area is 88.9 Å². The van der Waals surface area contributed by atoms with E-state index in [9.17, 15) is 0 Å². The first-order chi connectivity index (χ1) is 7.17. The van der Waals surface area contributed by atoms with Crippen LogP contribution in [0.3, 0.4) is 0 Å². The SMILES string of the molecule is C=C1C=NN(C2(C)COC2)C1=NC=NC. The number of ether oxygens (including phenoxy) is 1. The molecule has 0 aromatic carbocycles. The maximum Gasteiger partial charge on any atom is 0.159 e. The fraction of sp³-hybridized carbons (Fsp3) is 0.500. The van der Waals surface area contributed by atoms with Crippen LogP contribution in [-0.4, -0.2) is 49.2 Å². The van der Waals surface area contributed by atoms with Crippen LogP contribution in [-0.2, 0) is 4.74 Å². The quantitative estimate of drug-likeness (QED) is 0.493. The van der Waals surface area contributed by atoms with Gasteiger partial charge in [-0.1, -0.05) is 6.58 Å². The number of rotatable bonds is 2. The van der Waals surface area contributed by atoms with E-state index in [1.54, 1.807) is 13.3 Å². The molecule has 1 saturated heterocycles. The molecule has 2 rings (SSSR count). The topological polar surface area (TPSA) is 49.5 Å². The Hall–Kier alpha value is -1.49. The highest BCUT2D eigenvalue weighted by Gasteiger charge is 2.43. The van der Waals surface area contributed by atoms with Crippen molar-refractivity contribution < 1.29 is 4.74 Å². The van der Waals surface area contributed by atoms with E-state index in [1.165, 1.54) is 6.34 Å². The smallest absolute Gasteiger partial charge is 0.159 e. The molecule has 2 heterocycles. The zero-order valence-corrected chi connectivity index (χ0v) is 8.97. The first kappa shape index (κ1) is 10.0. The van der Waals surface area contributed by atoms with Gasteiger partial charge in [-0.25, -0.2) is 10.0 Å². The van der Waals surface area contributed by atoms with Crippen molar-refractivity contribution in [1.82, 2.24) is 5.01 Å². The lowest BCUT2D eigenvalue weighted by Gasteiger charge is -2.43. The molecule has 0 unspecified atom stereocenters. The molecule has 0 aromatic rings. The van der Waals surface area contributed by atoms with Gasteiger partial charge in [-0.15, -0.1) is 0 Å². The standard InChI is InChI=1S/C10H14N4O/c1-8-4-13-14(9(8)12-7-11-3)10(2)5-15-6-10/h4,7H,1,5-6H2,2-3H3. The Morgan fingerprint density at radius 3 is 2.93 bits per heavy atom. The van der Waals surface area contributed by atoms with Crippen LogP contribution >= 0.6 is 0 Å². The third-order valence-corrected chi connectivity index (χ3v) is 2.45. The molecule has 0 saturated carbocycles. The van der Waals surface area contributed by atoms with Crippen LogP contribution < -0.4 is 0 Å². The first-order valence-corrected chi connectivity index (χ1v) is 4.77. The summed E-state index contributed by atoms with van der Waals surface area (Å²) >= 11 is 0. The Morgan fingerprint density at radius 1 is 1.67 bits per heavy atom. The molecule has 0 N–H and O–H groups in total. The van der Waals surface area contributed by atoms with Crippen LogP contribution in [0, 0.1) is 0 Å². The maximum absolute atomic E-state index is 5.20. The minimum Gasteiger partial charge on any atom is -0.376 e. The van der Waals surface area contributed by atoms with E-state index in [0.717, 1.165) is 11.4 Å². The summed E-state index contributed by atoms with van der Waals surface area (Å²) in [6.07, 6.45) is 3.22. The molecule has 2 aliphatic heterocycles. The van der Waals surface area contributed by atoms with E-state index in [4.69, 9.17) is 4.74 Å². The highest BCUT2D eigenvalue weighted by atomic mass is 16.5. The van der Waals surface area contributed by atoms with Crippen molar-refractivity contribution in [3.05, 3.63) is 12.2 Å².